The number of benzene rings is 2. The van der Waals surface area contributed by atoms with E-state index in [1.54, 1.807) is 0 Å². The highest BCUT2D eigenvalue weighted by Crippen LogP contribution is 2.37. The maximum atomic E-state index is 2.36. The predicted molar refractivity (Wildman–Crippen MR) is 68.5 cm³/mol. The van der Waals surface area contributed by atoms with Crippen LogP contribution in [-0.2, 0) is 0 Å². The van der Waals surface area contributed by atoms with Gasteiger partial charge in [0, 0.05) is 0 Å². The van der Waals surface area contributed by atoms with Crippen LogP contribution in [0.15, 0.2) is 54.6 Å². The molecule has 0 radical (unpaired) electrons. The Morgan fingerprint density at radius 2 is 1.50 bits per heavy atom. The molecule has 1 aliphatic carbocycles. The van der Waals surface area contributed by atoms with Crippen LogP contribution in [0.3, 0.4) is 0 Å². The molecule has 0 bridgehead atoms. The van der Waals surface area contributed by atoms with E-state index in [1.165, 1.54) is 36.0 Å². The van der Waals surface area contributed by atoms with Crippen LogP contribution >= 0.6 is 0 Å². The zero-order valence-corrected chi connectivity index (χ0v) is 9.39. The van der Waals surface area contributed by atoms with Crippen molar-refractivity contribution in [1.82, 2.24) is 0 Å². The van der Waals surface area contributed by atoms with Gasteiger partial charge in [0.15, 0.2) is 0 Å². The van der Waals surface area contributed by atoms with Crippen LogP contribution in [0.25, 0.3) is 11.1 Å². The molecule has 0 unspecified atom stereocenters. The number of hydrogen-bond acceptors (Lipinski definition) is 0. The normalized spacial score (nSPS) is 15.8. The monoisotopic (exact) mass is 208 g/mol. The van der Waals surface area contributed by atoms with Gasteiger partial charge in [-0.15, -0.1) is 0 Å². The van der Waals surface area contributed by atoms with Crippen LogP contribution in [0.5, 0.6) is 0 Å². The van der Waals surface area contributed by atoms with Crippen molar-refractivity contribution in [2.24, 2.45) is 0 Å². The third-order valence-corrected chi connectivity index (χ3v) is 3.57. The molecule has 0 nitrogen and oxygen atoms in total. The van der Waals surface area contributed by atoms with Crippen molar-refractivity contribution in [2.45, 2.75) is 25.2 Å². The second kappa shape index (κ2) is 4.13. The Labute approximate surface area is 96.9 Å². The maximum Gasteiger partial charge on any atom is -0.0162 e. The summed E-state index contributed by atoms with van der Waals surface area (Å²) in [5, 5.41) is 0. The summed E-state index contributed by atoms with van der Waals surface area (Å²) in [4.78, 5) is 0. The molecule has 3 rings (SSSR count). The molecular formula is C16H16. The lowest BCUT2D eigenvalue weighted by molar-refractivity contribution is 0.420. The van der Waals surface area contributed by atoms with Crippen LogP contribution in [0.1, 0.15) is 30.7 Å². The van der Waals surface area contributed by atoms with E-state index >= 15 is 0 Å². The fourth-order valence-electron chi connectivity index (χ4n) is 2.34. The number of rotatable bonds is 2. The van der Waals surface area contributed by atoms with Gasteiger partial charge in [-0.05, 0) is 35.4 Å². The first-order valence-electron chi connectivity index (χ1n) is 6.09. The van der Waals surface area contributed by atoms with Gasteiger partial charge in [0.05, 0.1) is 0 Å². The third-order valence-electron chi connectivity index (χ3n) is 3.57. The molecule has 0 heterocycles. The van der Waals surface area contributed by atoms with Crippen molar-refractivity contribution in [2.75, 3.05) is 0 Å². The minimum Gasteiger partial charge on any atom is -0.0622 e. The maximum absolute atomic E-state index is 2.36. The van der Waals surface area contributed by atoms with Gasteiger partial charge in [0.2, 0.25) is 0 Å². The van der Waals surface area contributed by atoms with Gasteiger partial charge >= 0.3 is 0 Å². The summed E-state index contributed by atoms with van der Waals surface area (Å²) in [6, 6.07) is 19.7. The zero-order valence-electron chi connectivity index (χ0n) is 9.39. The summed E-state index contributed by atoms with van der Waals surface area (Å²) in [7, 11) is 0. The summed E-state index contributed by atoms with van der Waals surface area (Å²) in [6.07, 6.45) is 4.15. The van der Waals surface area contributed by atoms with E-state index < -0.39 is 0 Å². The molecule has 2 aromatic rings. The van der Waals surface area contributed by atoms with Gasteiger partial charge < -0.3 is 0 Å². The highest BCUT2D eigenvalue weighted by molar-refractivity contribution is 5.64. The molecule has 2 aromatic carbocycles. The van der Waals surface area contributed by atoms with E-state index in [1.807, 2.05) is 0 Å². The Morgan fingerprint density at radius 1 is 0.750 bits per heavy atom. The molecule has 0 N–H and O–H groups in total. The Balaban J connectivity index is 1.96. The lowest BCUT2D eigenvalue weighted by Crippen LogP contribution is -2.08. The molecule has 0 spiro atoms. The van der Waals surface area contributed by atoms with Crippen molar-refractivity contribution in [1.29, 1.82) is 0 Å². The van der Waals surface area contributed by atoms with Crippen LogP contribution in [0.4, 0.5) is 0 Å². The van der Waals surface area contributed by atoms with Gasteiger partial charge in [0.25, 0.3) is 0 Å². The lowest BCUT2D eigenvalue weighted by Gasteiger charge is -2.26. The molecule has 0 atom stereocenters. The average molecular weight is 208 g/mol. The molecule has 0 saturated heterocycles. The smallest absolute Gasteiger partial charge is 0.0162 e. The first-order valence-corrected chi connectivity index (χ1v) is 6.09. The second-order valence-electron chi connectivity index (χ2n) is 4.62. The topological polar surface area (TPSA) is 0 Å². The minimum atomic E-state index is 0.823. The number of hydrogen-bond donors (Lipinski definition) is 0. The highest BCUT2D eigenvalue weighted by Gasteiger charge is 2.19. The fourth-order valence-corrected chi connectivity index (χ4v) is 2.34. The van der Waals surface area contributed by atoms with Crippen LogP contribution in [0.2, 0.25) is 0 Å². The van der Waals surface area contributed by atoms with Crippen LogP contribution in [-0.4, -0.2) is 0 Å². The summed E-state index contributed by atoms with van der Waals surface area (Å²) in [5.74, 6) is 0.823. The van der Waals surface area contributed by atoms with Gasteiger partial charge in [0.1, 0.15) is 0 Å². The summed E-state index contributed by atoms with van der Waals surface area (Å²) >= 11 is 0. The Hall–Kier alpha value is -1.56. The van der Waals surface area contributed by atoms with E-state index in [-0.39, 0.29) is 0 Å². The van der Waals surface area contributed by atoms with Crippen molar-refractivity contribution in [3.05, 3.63) is 60.2 Å². The largest absolute Gasteiger partial charge is 0.0622 e. The summed E-state index contributed by atoms with van der Waals surface area (Å²) in [6.45, 7) is 0. The molecule has 1 saturated carbocycles. The first-order chi connectivity index (χ1) is 7.93. The SMILES string of the molecule is c1ccc(-c2cccc(C3CCC3)c2)cc1. The van der Waals surface area contributed by atoms with Crippen molar-refractivity contribution in [3.63, 3.8) is 0 Å². The second-order valence-corrected chi connectivity index (χ2v) is 4.62. The highest BCUT2D eigenvalue weighted by atomic mass is 14.2. The first kappa shape index (κ1) is 9.65. The van der Waals surface area contributed by atoms with Gasteiger partial charge in [-0.1, -0.05) is 61.0 Å². The predicted octanol–water partition coefficient (Wildman–Crippen LogP) is 4.62. The van der Waals surface area contributed by atoms with E-state index in [4.69, 9.17) is 0 Å². The van der Waals surface area contributed by atoms with Gasteiger partial charge in [-0.3, -0.25) is 0 Å². The zero-order chi connectivity index (χ0) is 10.8. The van der Waals surface area contributed by atoms with E-state index in [0.29, 0.717) is 0 Å². The molecule has 1 aliphatic rings. The van der Waals surface area contributed by atoms with Gasteiger partial charge in [-0.2, -0.15) is 0 Å². The van der Waals surface area contributed by atoms with E-state index in [9.17, 15) is 0 Å². The molecule has 16 heavy (non-hydrogen) atoms. The van der Waals surface area contributed by atoms with E-state index in [2.05, 4.69) is 54.6 Å². The van der Waals surface area contributed by atoms with Crippen LogP contribution < -0.4 is 0 Å². The molecule has 1 fully saturated rings. The Kier molecular flexibility index (Phi) is 2.49. The quantitative estimate of drug-likeness (QED) is 0.675. The molecular weight excluding hydrogens is 192 g/mol. The molecule has 0 heteroatoms. The molecule has 0 amide bonds. The minimum absolute atomic E-state index is 0.823. The van der Waals surface area contributed by atoms with Crippen LogP contribution in [0, 0.1) is 0 Å². The van der Waals surface area contributed by atoms with Gasteiger partial charge in [-0.25, -0.2) is 0 Å². The van der Waals surface area contributed by atoms with E-state index in [0.717, 1.165) is 5.92 Å². The van der Waals surface area contributed by atoms with Crippen molar-refractivity contribution in [3.8, 4) is 11.1 Å². The lowest BCUT2D eigenvalue weighted by atomic mass is 9.79. The summed E-state index contributed by atoms with van der Waals surface area (Å²) < 4.78 is 0. The third kappa shape index (κ3) is 1.76. The molecule has 80 valence electrons. The summed E-state index contributed by atoms with van der Waals surface area (Å²) in [5.41, 5.74) is 4.20. The average Bonchev–Trinajstić information content (AvgIpc) is 2.28. The van der Waals surface area contributed by atoms with Crippen molar-refractivity contribution < 1.29 is 0 Å². The van der Waals surface area contributed by atoms with Crippen molar-refractivity contribution >= 4 is 0 Å². The Bertz CT molecular complexity index is 466. The standard InChI is InChI=1S/C16H16/c1-2-6-13(7-3-1)15-10-5-11-16(12-15)14-8-4-9-14/h1-3,5-7,10-12,14H,4,8-9H2. The molecule has 0 aromatic heterocycles. The Morgan fingerprint density at radius 3 is 2.19 bits per heavy atom. The fraction of sp³-hybridized carbons (Fsp3) is 0.250. The molecule has 0 aliphatic heterocycles.